The van der Waals surface area contributed by atoms with Gasteiger partial charge in [-0.25, -0.2) is 0 Å². The zero-order valence-electron chi connectivity index (χ0n) is 7.03. The number of nitriles is 1. The molecule has 0 radical (unpaired) electrons. The minimum atomic E-state index is 0.199. The number of benzene rings is 1. The van der Waals surface area contributed by atoms with Crippen LogP contribution in [0.3, 0.4) is 0 Å². The fourth-order valence-electron chi connectivity index (χ4n) is 0.775. The molecule has 1 unspecified atom stereocenters. The van der Waals surface area contributed by atoms with E-state index in [1.54, 1.807) is 0 Å². The molecule has 0 aliphatic rings. The molecule has 1 rings (SSSR count). The fraction of sp³-hybridized carbons (Fsp3) is 0.300. The summed E-state index contributed by atoms with van der Waals surface area (Å²) in [5.41, 5.74) is 0. The van der Waals surface area contributed by atoms with Crippen LogP contribution in [-0.4, -0.2) is 15.0 Å². The molecular weight excluding hydrogens is 213 g/mol. The Balaban J connectivity index is 2.40. The van der Waals surface area contributed by atoms with Gasteiger partial charge < -0.3 is 0 Å². The molecule has 0 N–H and O–H groups in total. The van der Waals surface area contributed by atoms with Gasteiger partial charge in [0, 0.05) is 0 Å². The molecule has 0 fully saturated rings. The molecule has 0 aromatic heterocycles. The summed E-state index contributed by atoms with van der Waals surface area (Å²) < 4.78 is 1.38. The van der Waals surface area contributed by atoms with E-state index in [1.807, 2.05) is 25.1 Å². The predicted octanol–water partition coefficient (Wildman–Crippen LogP) is 1.59. The van der Waals surface area contributed by atoms with Gasteiger partial charge in [0.1, 0.15) is 0 Å². The summed E-state index contributed by atoms with van der Waals surface area (Å²) in [6, 6.07) is 12.6. The van der Waals surface area contributed by atoms with Crippen LogP contribution in [0.5, 0.6) is 0 Å². The van der Waals surface area contributed by atoms with E-state index < -0.39 is 0 Å². The Bertz CT molecular complexity index is 263. The van der Waals surface area contributed by atoms with Gasteiger partial charge in [0.15, 0.2) is 0 Å². The van der Waals surface area contributed by atoms with Crippen LogP contribution in [0.25, 0.3) is 0 Å². The summed E-state index contributed by atoms with van der Waals surface area (Å²) in [7, 11) is 0. The Hall–Kier alpha value is -0.771. The summed E-state index contributed by atoms with van der Waals surface area (Å²) in [6.07, 6.45) is 0. The van der Waals surface area contributed by atoms with Crippen molar-refractivity contribution < 1.29 is 0 Å². The van der Waals surface area contributed by atoms with Crippen LogP contribution in [0.4, 0.5) is 0 Å². The molecular formula is C10H11NSe. The molecule has 1 aromatic rings. The topological polar surface area (TPSA) is 23.8 Å². The second-order valence-corrected chi connectivity index (χ2v) is 4.95. The molecule has 1 aromatic carbocycles. The first-order valence-electron chi connectivity index (χ1n) is 3.90. The molecule has 2 heteroatoms. The molecule has 0 heterocycles. The predicted molar refractivity (Wildman–Crippen MR) is 51.4 cm³/mol. The molecule has 0 aliphatic heterocycles. The van der Waals surface area contributed by atoms with Crippen molar-refractivity contribution in [3.63, 3.8) is 0 Å². The SMILES string of the molecule is CC(C#N)C[Se]c1ccccc1. The number of nitrogens with zero attached hydrogens (tertiary/aromatic N) is 1. The number of hydrogen-bond donors (Lipinski definition) is 0. The molecule has 0 saturated heterocycles. The second kappa shape index (κ2) is 4.98. The Labute approximate surface area is 79.6 Å². The van der Waals surface area contributed by atoms with Crippen molar-refractivity contribution >= 4 is 19.4 Å². The van der Waals surface area contributed by atoms with Crippen molar-refractivity contribution in [1.82, 2.24) is 0 Å². The van der Waals surface area contributed by atoms with E-state index in [2.05, 4.69) is 18.2 Å². The maximum atomic E-state index is 8.57. The van der Waals surface area contributed by atoms with Crippen molar-refractivity contribution in [3.05, 3.63) is 30.3 Å². The zero-order valence-corrected chi connectivity index (χ0v) is 8.74. The number of hydrogen-bond acceptors (Lipinski definition) is 1. The maximum absolute atomic E-state index is 8.57. The monoisotopic (exact) mass is 225 g/mol. The van der Waals surface area contributed by atoms with Crippen LogP contribution < -0.4 is 4.46 Å². The van der Waals surface area contributed by atoms with E-state index in [-0.39, 0.29) is 5.92 Å². The quantitative estimate of drug-likeness (QED) is 0.715. The molecule has 0 aliphatic carbocycles. The third kappa shape index (κ3) is 3.09. The van der Waals surface area contributed by atoms with Crippen LogP contribution in [0.2, 0.25) is 5.32 Å². The zero-order chi connectivity index (χ0) is 8.81. The number of rotatable bonds is 3. The molecule has 1 nitrogen and oxygen atoms in total. The first kappa shape index (κ1) is 9.32. The average molecular weight is 224 g/mol. The molecule has 1 atom stereocenters. The average Bonchev–Trinajstić information content (AvgIpc) is 2.16. The van der Waals surface area contributed by atoms with Gasteiger partial charge >= 0.3 is 79.2 Å². The van der Waals surface area contributed by atoms with E-state index in [0.717, 1.165) is 5.32 Å². The van der Waals surface area contributed by atoms with Gasteiger partial charge in [0.2, 0.25) is 0 Å². The molecule has 0 spiro atoms. The van der Waals surface area contributed by atoms with E-state index >= 15 is 0 Å². The van der Waals surface area contributed by atoms with Gasteiger partial charge in [-0.05, 0) is 0 Å². The summed E-state index contributed by atoms with van der Waals surface area (Å²) in [5, 5.41) is 9.59. The van der Waals surface area contributed by atoms with Crippen molar-refractivity contribution in [3.8, 4) is 6.07 Å². The van der Waals surface area contributed by atoms with E-state index in [0.29, 0.717) is 15.0 Å². The van der Waals surface area contributed by atoms with E-state index in [1.165, 1.54) is 4.46 Å². The van der Waals surface area contributed by atoms with Crippen LogP contribution in [0, 0.1) is 17.2 Å². The normalized spacial score (nSPS) is 12.0. The minimum absolute atomic E-state index is 0.199. The Kier molecular flexibility index (Phi) is 3.87. The molecule has 0 saturated carbocycles. The molecule has 0 bridgehead atoms. The molecule has 62 valence electrons. The second-order valence-electron chi connectivity index (χ2n) is 2.65. The summed E-state index contributed by atoms with van der Waals surface area (Å²) in [6.45, 7) is 1.98. The first-order valence-corrected chi connectivity index (χ1v) is 5.97. The molecule has 0 amide bonds. The van der Waals surface area contributed by atoms with Crippen molar-refractivity contribution in [1.29, 1.82) is 5.26 Å². The van der Waals surface area contributed by atoms with Gasteiger partial charge in [-0.2, -0.15) is 0 Å². The van der Waals surface area contributed by atoms with Gasteiger partial charge in [-0.3, -0.25) is 0 Å². The summed E-state index contributed by atoms with van der Waals surface area (Å²) in [5.74, 6) is 0.199. The Morgan fingerprint density at radius 1 is 1.42 bits per heavy atom. The third-order valence-corrected chi connectivity index (χ3v) is 4.13. The third-order valence-electron chi connectivity index (χ3n) is 1.46. The van der Waals surface area contributed by atoms with Crippen molar-refractivity contribution in [2.24, 2.45) is 5.92 Å². The summed E-state index contributed by atoms with van der Waals surface area (Å²) >= 11 is 0.469. The van der Waals surface area contributed by atoms with E-state index in [4.69, 9.17) is 5.26 Å². The standard InChI is InChI=1S/C10H11NSe/c1-9(7-11)8-12-10-5-3-2-4-6-10/h2-6,9H,8H2,1H3. The van der Waals surface area contributed by atoms with Crippen LogP contribution >= 0.6 is 0 Å². The first-order chi connectivity index (χ1) is 5.83. The molecule has 12 heavy (non-hydrogen) atoms. The Morgan fingerprint density at radius 2 is 2.08 bits per heavy atom. The van der Waals surface area contributed by atoms with Crippen LogP contribution in [-0.2, 0) is 0 Å². The fourth-order valence-corrected chi connectivity index (χ4v) is 2.59. The van der Waals surface area contributed by atoms with Crippen LogP contribution in [0.1, 0.15) is 6.92 Å². The van der Waals surface area contributed by atoms with Gasteiger partial charge in [0.05, 0.1) is 0 Å². The van der Waals surface area contributed by atoms with Gasteiger partial charge in [0.25, 0.3) is 0 Å². The van der Waals surface area contributed by atoms with Crippen molar-refractivity contribution in [2.75, 3.05) is 0 Å². The Morgan fingerprint density at radius 3 is 2.67 bits per heavy atom. The van der Waals surface area contributed by atoms with Gasteiger partial charge in [-0.1, -0.05) is 0 Å². The van der Waals surface area contributed by atoms with Crippen molar-refractivity contribution in [2.45, 2.75) is 12.2 Å². The van der Waals surface area contributed by atoms with Gasteiger partial charge in [-0.15, -0.1) is 0 Å². The summed E-state index contributed by atoms with van der Waals surface area (Å²) in [4.78, 5) is 0. The van der Waals surface area contributed by atoms with E-state index in [9.17, 15) is 0 Å². The van der Waals surface area contributed by atoms with Crippen LogP contribution in [0.15, 0.2) is 30.3 Å².